The van der Waals surface area contributed by atoms with E-state index in [1.54, 1.807) is 6.07 Å². The SMILES string of the molecule is Cc1cc(CN2CCOC3CCC2C3Oc2ncccc2F)no1. The van der Waals surface area contributed by atoms with Crippen molar-refractivity contribution in [2.24, 2.45) is 0 Å². The van der Waals surface area contributed by atoms with Gasteiger partial charge in [-0.15, -0.1) is 0 Å². The zero-order chi connectivity index (χ0) is 16.5. The van der Waals surface area contributed by atoms with E-state index < -0.39 is 5.82 Å². The molecule has 4 rings (SSSR count). The molecule has 2 aromatic rings. The number of ether oxygens (including phenoxy) is 2. The van der Waals surface area contributed by atoms with Gasteiger partial charge >= 0.3 is 0 Å². The Kier molecular flexibility index (Phi) is 4.20. The highest BCUT2D eigenvalue weighted by atomic mass is 19.1. The molecule has 0 amide bonds. The van der Waals surface area contributed by atoms with Gasteiger partial charge in [0.15, 0.2) is 5.82 Å². The summed E-state index contributed by atoms with van der Waals surface area (Å²) < 4.78 is 30.9. The molecule has 0 aromatic carbocycles. The molecule has 2 aliphatic rings. The standard InChI is InChI=1S/C17H20FN3O3/c1-11-9-12(20-24-11)10-21-7-8-22-15-5-4-14(21)16(15)23-17-13(18)3-2-6-19-17/h2-3,6,9,14-16H,4-5,7-8,10H2,1H3. The molecule has 2 fully saturated rings. The fraction of sp³-hybridized carbons (Fsp3) is 0.529. The monoisotopic (exact) mass is 333 g/mol. The van der Waals surface area contributed by atoms with E-state index >= 15 is 0 Å². The average Bonchev–Trinajstić information content (AvgIpc) is 3.09. The molecule has 0 N–H and O–H groups in total. The molecule has 6 nitrogen and oxygen atoms in total. The lowest BCUT2D eigenvalue weighted by atomic mass is 10.1. The van der Waals surface area contributed by atoms with Gasteiger partial charge in [0.25, 0.3) is 5.88 Å². The number of pyridine rings is 1. The largest absolute Gasteiger partial charge is 0.468 e. The lowest BCUT2D eigenvalue weighted by Gasteiger charge is -2.30. The molecule has 1 aliphatic carbocycles. The molecule has 0 radical (unpaired) electrons. The summed E-state index contributed by atoms with van der Waals surface area (Å²) in [4.78, 5) is 6.30. The average molecular weight is 333 g/mol. The predicted molar refractivity (Wildman–Crippen MR) is 83.0 cm³/mol. The zero-order valence-corrected chi connectivity index (χ0v) is 13.5. The first-order valence-electron chi connectivity index (χ1n) is 8.26. The second kappa shape index (κ2) is 6.49. The summed E-state index contributed by atoms with van der Waals surface area (Å²) in [6, 6.07) is 5.00. The van der Waals surface area contributed by atoms with Gasteiger partial charge in [0.2, 0.25) is 0 Å². The van der Waals surface area contributed by atoms with Crippen molar-refractivity contribution in [3.63, 3.8) is 0 Å². The highest BCUT2D eigenvalue weighted by Crippen LogP contribution is 2.33. The van der Waals surface area contributed by atoms with E-state index in [4.69, 9.17) is 14.0 Å². The quantitative estimate of drug-likeness (QED) is 0.856. The molecule has 1 saturated heterocycles. The molecule has 0 spiro atoms. The first-order chi connectivity index (χ1) is 11.7. The van der Waals surface area contributed by atoms with Crippen LogP contribution in [0.2, 0.25) is 0 Å². The second-order valence-electron chi connectivity index (χ2n) is 6.33. The van der Waals surface area contributed by atoms with Gasteiger partial charge in [0.05, 0.1) is 18.4 Å². The van der Waals surface area contributed by atoms with Crippen molar-refractivity contribution in [3.8, 4) is 5.88 Å². The van der Waals surface area contributed by atoms with E-state index in [2.05, 4.69) is 15.0 Å². The van der Waals surface area contributed by atoms with Crippen molar-refractivity contribution in [3.05, 3.63) is 41.7 Å². The van der Waals surface area contributed by atoms with Crippen LogP contribution in [0.5, 0.6) is 5.88 Å². The molecule has 3 atom stereocenters. The fourth-order valence-electron chi connectivity index (χ4n) is 3.61. The Morgan fingerprint density at radius 3 is 3.12 bits per heavy atom. The summed E-state index contributed by atoms with van der Waals surface area (Å²) in [6.07, 6.45) is 3.12. The third-order valence-corrected chi connectivity index (χ3v) is 4.69. The summed E-state index contributed by atoms with van der Waals surface area (Å²) >= 11 is 0. The molecule has 2 bridgehead atoms. The minimum atomic E-state index is -0.445. The summed E-state index contributed by atoms with van der Waals surface area (Å²) in [5, 5.41) is 4.08. The van der Waals surface area contributed by atoms with Crippen molar-refractivity contribution >= 4 is 0 Å². The van der Waals surface area contributed by atoms with Crippen molar-refractivity contribution in [1.82, 2.24) is 15.0 Å². The van der Waals surface area contributed by atoms with Crippen LogP contribution in [0.4, 0.5) is 4.39 Å². The van der Waals surface area contributed by atoms with Gasteiger partial charge in [-0.1, -0.05) is 5.16 Å². The molecule has 1 aliphatic heterocycles. The Morgan fingerprint density at radius 2 is 2.33 bits per heavy atom. The first kappa shape index (κ1) is 15.5. The van der Waals surface area contributed by atoms with Crippen LogP contribution < -0.4 is 4.74 Å². The van der Waals surface area contributed by atoms with Gasteiger partial charge in [-0.3, -0.25) is 4.90 Å². The minimum absolute atomic E-state index is 0.0274. The van der Waals surface area contributed by atoms with Crippen molar-refractivity contribution in [1.29, 1.82) is 0 Å². The predicted octanol–water partition coefficient (Wildman–Crippen LogP) is 2.33. The summed E-state index contributed by atoms with van der Waals surface area (Å²) in [5.74, 6) is 0.394. The van der Waals surface area contributed by atoms with Crippen LogP contribution in [0.3, 0.4) is 0 Å². The number of hydrogen-bond acceptors (Lipinski definition) is 6. The molecule has 1 saturated carbocycles. The van der Waals surface area contributed by atoms with Crippen LogP contribution in [0.1, 0.15) is 24.3 Å². The molecule has 3 heterocycles. The van der Waals surface area contributed by atoms with E-state index in [9.17, 15) is 4.39 Å². The van der Waals surface area contributed by atoms with Gasteiger partial charge < -0.3 is 14.0 Å². The molecule has 7 heteroatoms. The van der Waals surface area contributed by atoms with Crippen LogP contribution in [-0.4, -0.2) is 46.4 Å². The van der Waals surface area contributed by atoms with E-state index in [1.807, 2.05) is 13.0 Å². The van der Waals surface area contributed by atoms with Gasteiger partial charge in [0, 0.05) is 31.4 Å². The second-order valence-corrected chi connectivity index (χ2v) is 6.33. The Balaban J connectivity index is 1.54. The molecule has 24 heavy (non-hydrogen) atoms. The first-order valence-corrected chi connectivity index (χ1v) is 8.26. The number of hydrogen-bond donors (Lipinski definition) is 0. The van der Waals surface area contributed by atoms with Crippen LogP contribution >= 0.6 is 0 Å². The van der Waals surface area contributed by atoms with Crippen LogP contribution in [0.15, 0.2) is 28.9 Å². The number of rotatable bonds is 4. The van der Waals surface area contributed by atoms with E-state index in [0.29, 0.717) is 13.2 Å². The van der Waals surface area contributed by atoms with Crippen LogP contribution in [-0.2, 0) is 11.3 Å². The van der Waals surface area contributed by atoms with E-state index in [1.165, 1.54) is 12.3 Å². The van der Waals surface area contributed by atoms with Crippen molar-refractivity contribution in [2.45, 2.75) is 44.6 Å². The maximum absolute atomic E-state index is 13.9. The molecule has 128 valence electrons. The molecule has 2 aromatic heterocycles. The Morgan fingerprint density at radius 1 is 1.42 bits per heavy atom. The number of fused-ring (bicyclic) bond motifs is 2. The fourth-order valence-corrected chi connectivity index (χ4v) is 3.61. The van der Waals surface area contributed by atoms with Gasteiger partial charge in [-0.2, -0.15) is 0 Å². The Hall–Kier alpha value is -1.99. The molecule has 3 unspecified atom stereocenters. The third kappa shape index (κ3) is 3.01. The van der Waals surface area contributed by atoms with Gasteiger partial charge in [0.1, 0.15) is 11.9 Å². The van der Waals surface area contributed by atoms with E-state index in [-0.39, 0.29) is 24.1 Å². The highest BCUT2D eigenvalue weighted by molar-refractivity contribution is 5.15. The molecular formula is C17H20FN3O3. The summed E-state index contributed by atoms with van der Waals surface area (Å²) in [6.45, 7) is 3.96. The summed E-state index contributed by atoms with van der Waals surface area (Å²) in [5.41, 5.74) is 0.889. The minimum Gasteiger partial charge on any atom is -0.468 e. The zero-order valence-electron chi connectivity index (χ0n) is 13.5. The van der Waals surface area contributed by atoms with Gasteiger partial charge in [-0.05, 0) is 31.9 Å². The van der Waals surface area contributed by atoms with Crippen LogP contribution in [0.25, 0.3) is 0 Å². The number of aromatic nitrogens is 2. The normalized spacial score (nSPS) is 27.2. The van der Waals surface area contributed by atoms with Gasteiger partial charge in [-0.25, -0.2) is 9.37 Å². The highest BCUT2D eigenvalue weighted by Gasteiger charge is 2.44. The molecular weight excluding hydrogens is 313 g/mol. The topological polar surface area (TPSA) is 60.6 Å². The Labute approximate surface area is 139 Å². The third-order valence-electron chi connectivity index (χ3n) is 4.69. The van der Waals surface area contributed by atoms with Crippen molar-refractivity contribution in [2.75, 3.05) is 13.2 Å². The lowest BCUT2D eigenvalue weighted by Crippen LogP contribution is -2.44. The summed E-state index contributed by atoms with van der Waals surface area (Å²) in [7, 11) is 0. The smallest absolute Gasteiger partial charge is 0.250 e. The number of halogens is 1. The van der Waals surface area contributed by atoms with Crippen LogP contribution in [0, 0.1) is 12.7 Å². The Bertz CT molecular complexity index is 708. The number of nitrogens with zero attached hydrogens (tertiary/aromatic N) is 3. The maximum Gasteiger partial charge on any atom is 0.250 e. The lowest BCUT2D eigenvalue weighted by molar-refractivity contribution is 0.000121. The van der Waals surface area contributed by atoms with Crippen molar-refractivity contribution < 1.29 is 18.4 Å². The number of aryl methyl sites for hydroxylation is 1. The van der Waals surface area contributed by atoms with E-state index in [0.717, 1.165) is 30.8 Å². The maximum atomic E-state index is 13.9.